The number of hydrogen-bond donors (Lipinski definition) is 0. The number of halogens is 1. The SMILES string of the molecule is O=C(CN(CCCN1CCOCC1)S(=O)(=O)c1ccc(Cl)c([N+](=O)[O-])c1)N(Cc1ccccc1)Cc1ccco1. The van der Waals surface area contributed by atoms with E-state index in [1.54, 1.807) is 12.1 Å². The van der Waals surface area contributed by atoms with Gasteiger partial charge in [0.2, 0.25) is 15.9 Å². The van der Waals surface area contributed by atoms with Gasteiger partial charge in [0.05, 0.1) is 42.4 Å². The van der Waals surface area contributed by atoms with Gasteiger partial charge in [0.1, 0.15) is 10.8 Å². The summed E-state index contributed by atoms with van der Waals surface area (Å²) < 4.78 is 39.5. The lowest BCUT2D eigenvalue weighted by atomic mass is 10.2. The summed E-state index contributed by atoms with van der Waals surface area (Å²) in [4.78, 5) is 27.8. The zero-order valence-corrected chi connectivity index (χ0v) is 23.4. The molecule has 1 aliphatic heterocycles. The number of nitrogens with zero attached hydrogens (tertiary/aromatic N) is 4. The number of nitro groups is 1. The maximum absolute atomic E-state index is 13.8. The smallest absolute Gasteiger partial charge is 0.289 e. The van der Waals surface area contributed by atoms with Gasteiger partial charge in [-0.15, -0.1) is 0 Å². The van der Waals surface area contributed by atoms with Crippen LogP contribution in [-0.2, 0) is 32.6 Å². The Morgan fingerprint density at radius 2 is 1.80 bits per heavy atom. The van der Waals surface area contributed by atoms with E-state index in [0.29, 0.717) is 31.9 Å². The van der Waals surface area contributed by atoms with Crippen LogP contribution in [-0.4, -0.2) is 79.3 Å². The summed E-state index contributed by atoms with van der Waals surface area (Å²) in [6, 6.07) is 16.1. The Bertz CT molecular complexity index is 1380. The van der Waals surface area contributed by atoms with Crippen LogP contribution in [0.5, 0.6) is 0 Å². The third-order valence-electron chi connectivity index (χ3n) is 6.55. The quantitative estimate of drug-likeness (QED) is 0.217. The lowest BCUT2D eigenvalue weighted by molar-refractivity contribution is -0.384. The predicted octanol–water partition coefficient (Wildman–Crippen LogP) is 3.78. The molecule has 0 saturated carbocycles. The van der Waals surface area contributed by atoms with Gasteiger partial charge in [-0.1, -0.05) is 41.9 Å². The van der Waals surface area contributed by atoms with Gasteiger partial charge in [0, 0.05) is 32.2 Å². The number of carbonyl (C=O) groups is 1. The van der Waals surface area contributed by atoms with Crippen molar-refractivity contribution in [3.8, 4) is 0 Å². The fourth-order valence-corrected chi connectivity index (χ4v) is 6.03. The number of hydrogen-bond acceptors (Lipinski definition) is 8. The molecule has 0 aliphatic carbocycles. The molecule has 11 nitrogen and oxygen atoms in total. The second kappa shape index (κ2) is 13.9. The highest BCUT2D eigenvalue weighted by Crippen LogP contribution is 2.29. The van der Waals surface area contributed by atoms with Crippen LogP contribution in [0.2, 0.25) is 5.02 Å². The van der Waals surface area contributed by atoms with Crippen molar-refractivity contribution in [1.29, 1.82) is 0 Å². The number of morpholine rings is 1. The number of furan rings is 1. The molecule has 3 aromatic rings. The molecule has 0 bridgehead atoms. The summed E-state index contributed by atoms with van der Waals surface area (Å²) in [5, 5.41) is 11.3. The highest BCUT2D eigenvalue weighted by Gasteiger charge is 2.31. The number of ether oxygens (including phenoxy) is 1. The van der Waals surface area contributed by atoms with Gasteiger partial charge in [-0.25, -0.2) is 8.42 Å². The number of benzene rings is 2. The van der Waals surface area contributed by atoms with Crippen LogP contribution >= 0.6 is 11.6 Å². The highest BCUT2D eigenvalue weighted by molar-refractivity contribution is 7.89. The average molecular weight is 591 g/mol. The van der Waals surface area contributed by atoms with Gasteiger partial charge in [0.25, 0.3) is 5.69 Å². The lowest BCUT2D eigenvalue weighted by Crippen LogP contribution is -2.44. The van der Waals surface area contributed by atoms with E-state index in [4.69, 9.17) is 20.8 Å². The molecule has 40 heavy (non-hydrogen) atoms. The van der Waals surface area contributed by atoms with E-state index in [1.807, 2.05) is 30.3 Å². The number of nitro benzene ring substituents is 1. The van der Waals surface area contributed by atoms with Crippen molar-refractivity contribution < 1.29 is 27.3 Å². The molecule has 0 unspecified atom stereocenters. The molecular formula is C27H31ClN4O7S. The van der Waals surface area contributed by atoms with E-state index in [-0.39, 0.29) is 29.6 Å². The minimum absolute atomic E-state index is 0.0434. The maximum Gasteiger partial charge on any atom is 0.289 e. The Balaban J connectivity index is 1.59. The lowest BCUT2D eigenvalue weighted by Gasteiger charge is -2.29. The monoisotopic (exact) mass is 590 g/mol. The zero-order valence-electron chi connectivity index (χ0n) is 21.9. The molecule has 1 aromatic heterocycles. The molecule has 2 heterocycles. The van der Waals surface area contributed by atoms with E-state index >= 15 is 0 Å². The first-order valence-corrected chi connectivity index (χ1v) is 14.6. The molecule has 1 aliphatic rings. The van der Waals surface area contributed by atoms with Gasteiger partial charge in [-0.2, -0.15) is 4.31 Å². The van der Waals surface area contributed by atoms with Crippen molar-refractivity contribution in [2.45, 2.75) is 24.4 Å². The van der Waals surface area contributed by atoms with E-state index < -0.39 is 33.1 Å². The third-order valence-corrected chi connectivity index (χ3v) is 8.71. The number of rotatable bonds is 13. The van der Waals surface area contributed by atoms with Crippen molar-refractivity contribution in [3.05, 3.63) is 93.4 Å². The molecule has 13 heteroatoms. The molecule has 214 valence electrons. The Hall–Kier alpha value is -3.29. The van der Waals surface area contributed by atoms with Gasteiger partial charge >= 0.3 is 0 Å². The van der Waals surface area contributed by atoms with E-state index in [0.717, 1.165) is 29.0 Å². The van der Waals surface area contributed by atoms with Crippen LogP contribution < -0.4 is 0 Å². The second-order valence-corrected chi connectivity index (χ2v) is 11.7. The Morgan fingerprint density at radius 1 is 1.05 bits per heavy atom. The van der Waals surface area contributed by atoms with E-state index in [9.17, 15) is 23.3 Å². The highest BCUT2D eigenvalue weighted by atomic mass is 35.5. The summed E-state index contributed by atoms with van der Waals surface area (Å²) in [5.41, 5.74) is 0.350. The van der Waals surface area contributed by atoms with Crippen molar-refractivity contribution in [1.82, 2.24) is 14.1 Å². The van der Waals surface area contributed by atoms with Crippen molar-refractivity contribution in [2.75, 3.05) is 45.9 Å². The summed E-state index contributed by atoms with van der Waals surface area (Å²) in [6.45, 7) is 3.30. The van der Waals surface area contributed by atoms with Gasteiger partial charge in [-0.05, 0) is 42.8 Å². The van der Waals surface area contributed by atoms with Crippen LogP contribution in [0.4, 0.5) is 5.69 Å². The molecule has 4 rings (SSSR count). The van der Waals surface area contributed by atoms with Crippen molar-refractivity contribution in [3.63, 3.8) is 0 Å². The van der Waals surface area contributed by atoms with Crippen LogP contribution in [0, 0.1) is 10.1 Å². The maximum atomic E-state index is 13.8. The fourth-order valence-electron chi connectivity index (χ4n) is 4.40. The molecule has 0 N–H and O–H groups in total. The molecule has 1 amide bonds. The Labute approximate surface area is 238 Å². The molecule has 1 saturated heterocycles. The van der Waals surface area contributed by atoms with E-state index in [1.165, 1.54) is 23.3 Å². The number of amides is 1. The molecule has 2 aromatic carbocycles. The largest absolute Gasteiger partial charge is 0.467 e. The first kappa shape index (κ1) is 29.7. The first-order valence-electron chi connectivity index (χ1n) is 12.8. The summed E-state index contributed by atoms with van der Waals surface area (Å²) in [7, 11) is -4.28. The minimum Gasteiger partial charge on any atom is -0.467 e. The fraction of sp³-hybridized carbons (Fsp3) is 0.370. The Morgan fingerprint density at radius 3 is 2.48 bits per heavy atom. The molecule has 1 fully saturated rings. The van der Waals surface area contributed by atoms with Crippen LogP contribution in [0.1, 0.15) is 17.7 Å². The number of sulfonamides is 1. The summed E-state index contributed by atoms with van der Waals surface area (Å²) >= 11 is 5.93. The standard InChI is InChI=1S/C27H31ClN4O7S/c28-25-10-9-24(18-26(25)32(34)35)40(36,37)31(12-5-11-29-13-16-38-17-14-29)21-27(33)30(20-23-8-4-15-39-23)19-22-6-2-1-3-7-22/h1-4,6-10,15,18H,5,11-14,16-17,19-21H2. The van der Waals surface area contributed by atoms with Crippen LogP contribution in [0.15, 0.2) is 76.2 Å². The second-order valence-electron chi connectivity index (χ2n) is 9.33. The van der Waals surface area contributed by atoms with Gasteiger partial charge in [-0.3, -0.25) is 19.8 Å². The average Bonchev–Trinajstić information content (AvgIpc) is 3.46. The number of carbonyl (C=O) groups excluding carboxylic acids is 1. The van der Waals surface area contributed by atoms with Gasteiger partial charge < -0.3 is 14.1 Å². The molecule has 0 spiro atoms. The topological polar surface area (TPSA) is 126 Å². The van der Waals surface area contributed by atoms with Crippen molar-refractivity contribution >= 4 is 33.2 Å². The molecular weight excluding hydrogens is 560 g/mol. The molecule has 0 atom stereocenters. The zero-order chi connectivity index (χ0) is 28.5. The predicted molar refractivity (Wildman–Crippen MR) is 148 cm³/mol. The van der Waals surface area contributed by atoms with Gasteiger partial charge in [0.15, 0.2) is 0 Å². The van der Waals surface area contributed by atoms with Crippen LogP contribution in [0.3, 0.4) is 0 Å². The Kier molecular flexibility index (Phi) is 10.3. The van der Waals surface area contributed by atoms with Crippen LogP contribution in [0.25, 0.3) is 0 Å². The first-order chi connectivity index (χ1) is 19.2. The molecule has 0 radical (unpaired) electrons. The third kappa shape index (κ3) is 7.89. The normalized spacial score (nSPS) is 14.3. The summed E-state index contributed by atoms with van der Waals surface area (Å²) in [5.74, 6) is 0.123. The van der Waals surface area contributed by atoms with E-state index in [2.05, 4.69) is 4.90 Å². The minimum atomic E-state index is -4.28. The summed E-state index contributed by atoms with van der Waals surface area (Å²) in [6.07, 6.45) is 1.97. The van der Waals surface area contributed by atoms with Crippen molar-refractivity contribution in [2.24, 2.45) is 0 Å².